The van der Waals surface area contributed by atoms with E-state index in [1.54, 1.807) is 13.0 Å². The molecular formula is C12H13ClF3N. The normalized spacial score (nSPS) is 16.1. The highest BCUT2D eigenvalue weighted by atomic mass is 35.5. The van der Waals surface area contributed by atoms with Crippen molar-refractivity contribution in [1.82, 2.24) is 0 Å². The van der Waals surface area contributed by atoms with Gasteiger partial charge in [0.25, 0.3) is 0 Å². The summed E-state index contributed by atoms with van der Waals surface area (Å²) in [5.41, 5.74) is 2.32. The van der Waals surface area contributed by atoms with Crippen molar-refractivity contribution in [3.05, 3.63) is 28.3 Å². The molecule has 0 aromatic heterocycles. The molecule has 1 aromatic rings. The SMILES string of the molecule is Cc1cc(C2CC2)c(Cl)cc1NCC(F)(F)F. The van der Waals surface area contributed by atoms with E-state index in [1.807, 2.05) is 6.07 Å². The summed E-state index contributed by atoms with van der Waals surface area (Å²) in [7, 11) is 0. The quantitative estimate of drug-likeness (QED) is 0.847. The Morgan fingerprint density at radius 1 is 1.35 bits per heavy atom. The Labute approximate surface area is 103 Å². The van der Waals surface area contributed by atoms with Gasteiger partial charge in [0, 0.05) is 10.7 Å². The van der Waals surface area contributed by atoms with Gasteiger partial charge in [-0.1, -0.05) is 17.7 Å². The monoisotopic (exact) mass is 263 g/mol. The second-order valence-corrected chi connectivity index (χ2v) is 4.84. The molecule has 17 heavy (non-hydrogen) atoms. The Bertz CT molecular complexity index is 424. The largest absolute Gasteiger partial charge is 0.405 e. The van der Waals surface area contributed by atoms with Gasteiger partial charge in [0.15, 0.2) is 0 Å². The minimum absolute atomic E-state index is 0.455. The fraction of sp³-hybridized carbons (Fsp3) is 0.500. The number of nitrogens with one attached hydrogen (secondary N) is 1. The van der Waals surface area contributed by atoms with Gasteiger partial charge in [0.2, 0.25) is 0 Å². The lowest BCUT2D eigenvalue weighted by molar-refractivity contribution is -0.115. The van der Waals surface area contributed by atoms with Gasteiger partial charge in [-0.05, 0) is 42.9 Å². The number of benzene rings is 1. The number of alkyl halides is 3. The smallest absolute Gasteiger partial charge is 0.376 e. The van der Waals surface area contributed by atoms with Crippen LogP contribution >= 0.6 is 11.6 Å². The minimum Gasteiger partial charge on any atom is -0.376 e. The zero-order valence-electron chi connectivity index (χ0n) is 9.37. The first-order chi connectivity index (χ1) is 7.87. The van der Waals surface area contributed by atoms with Crippen LogP contribution in [0.5, 0.6) is 0 Å². The van der Waals surface area contributed by atoms with Crippen LogP contribution in [0.3, 0.4) is 0 Å². The predicted octanol–water partition coefficient (Wildman–Crippen LogP) is 4.50. The molecule has 1 aromatic carbocycles. The van der Waals surface area contributed by atoms with Crippen molar-refractivity contribution >= 4 is 17.3 Å². The molecule has 1 aliphatic carbocycles. The molecule has 0 aliphatic heterocycles. The molecular weight excluding hydrogens is 251 g/mol. The Kier molecular flexibility index (Phi) is 3.25. The van der Waals surface area contributed by atoms with Crippen LogP contribution in [0.4, 0.5) is 18.9 Å². The van der Waals surface area contributed by atoms with Gasteiger partial charge >= 0.3 is 6.18 Å². The lowest BCUT2D eigenvalue weighted by Gasteiger charge is -2.14. The van der Waals surface area contributed by atoms with Crippen molar-refractivity contribution in [1.29, 1.82) is 0 Å². The Hall–Kier alpha value is -0.900. The van der Waals surface area contributed by atoms with E-state index in [1.165, 1.54) is 0 Å². The molecule has 1 fully saturated rings. The first-order valence-electron chi connectivity index (χ1n) is 5.47. The molecule has 0 atom stereocenters. The van der Waals surface area contributed by atoms with Crippen LogP contribution in [0, 0.1) is 6.92 Å². The molecule has 0 unspecified atom stereocenters. The van der Waals surface area contributed by atoms with Crippen LogP contribution in [-0.2, 0) is 0 Å². The van der Waals surface area contributed by atoms with Crippen molar-refractivity contribution in [2.24, 2.45) is 0 Å². The molecule has 0 heterocycles. The summed E-state index contributed by atoms with van der Waals surface area (Å²) < 4.78 is 36.3. The van der Waals surface area contributed by atoms with Gasteiger partial charge < -0.3 is 5.32 Å². The van der Waals surface area contributed by atoms with Crippen LogP contribution in [-0.4, -0.2) is 12.7 Å². The summed E-state index contributed by atoms with van der Waals surface area (Å²) in [6, 6.07) is 3.48. The average Bonchev–Trinajstić information content (AvgIpc) is 3.01. The van der Waals surface area contributed by atoms with E-state index >= 15 is 0 Å². The minimum atomic E-state index is -4.21. The van der Waals surface area contributed by atoms with Crippen LogP contribution in [0.25, 0.3) is 0 Å². The van der Waals surface area contributed by atoms with E-state index in [0.717, 1.165) is 24.0 Å². The lowest BCUT2D eigenvalue weighted by atomic mass is 10.1. The standard InChI is InChI=1S/C12H13ClF3N/c1-7-4-9(8-2-3-8)10(13)5-11(7)17-6-12(14,15)16/h4-5,8,17H,2-3,6H2,1H3. The number of hydrogen-bond acceptors (Lipinski definition) is 1. The van der Waals surface area contributed by atoms with E-state index in [0.29, 0.717) is 16.6 Å². The van der Waals surface area contributed by atoms with Crippen molar-refractivity contribution in [3.8, 4) is 0 Å². The van der Waals surface area contributed by atoms with Gasteiger partial charge in [-0.25, -0.2) is 0 Å². The maximum Gasteiger partial charge on any atom is 0.405 e. The van der Waals surface area contributed by atoms with Crippen LogP contribution < -0.4 is 5.32 Å². The van der Waals surface area contributed by atoms with Crippen molar-refractivity contribution in [2.75, 3.05) is 11.9 Å². The van der Waals surface area contributed by atoms with Crippen LogP contribution in [0.2, 0.25) is 5.02 Å². The molecule has 1 saturated carbocycles. The molecule has 0 radical (unpaired) electrons. The highest BCUT2D eigenvalue weighted by molar-refractivity contribution is 6.31. The molecule has 0 bridgehead atoms. The molecule has 94 valence electrons. The van der Waals surface area contributed by atoms with Crippen molar-refractivity contribution in [3.63, 3.8) is 0 Å². The molecule has 0 spiro atoms. The molecule has 0 saturated heterocycles. The molecule has 1 nitrogen and oxygen atoms in total. The molecule has 0 amide bonds. The first-order valence-corrected chi connectivity index (χ1v) is 5.85. The number of aryl methyl sites for hydroxylation is 1. The third-order valence-electron chi connectivity index (χ3n) is 2.84. The molecule has 5 heteroatoms. The van der Waals surface area contributed by atoms with Gasteiger partial charge in [-0.3, -0.25) is 0 Å². The summed E-state index contributed by atoms with van der Waals surface area (Å²) in [6.07, 6.45) is -1.98. The second-order valence-electron chi connectivity index (χ2n) is 4.43. The number of anilines is 1. The summed E-state index contributed by atoms with van der Waals surface area (Å²) >= 11 is 6.07. The van der Waals surface area contributed by atoms with Gasteiger partial charge in [-0.2, -0.15) is 13.2 Å². The third kappa shape index (κ3) is 3.28. The summed E-state index contributed by atoms with van der Waals surface area (Å²) in [5, 5.41) is 2.93. The molecule has 1 N–H and O–H groups in total. The van der Waals surface area contributed by atoms with Gasteiger partial charge in [0.1, 0.15) is 6.54 Å². The highest BCUT2D eigenvalue weighted by Gasteiger charge is 2.28. The topological polar surface area (TPSA) is 12.0 Å². The summed E-state index contributed by atoms with van der Waals surface area (Å²) in [6.45, 7) is 0.758. The number of halogens is 4. The Morgan fingerprint density at radius 2 is 2.00 bits per heavy atom. The number of hydrogen-bond donors (Lipinski definition) is 1. The zero-order valence-corrected chi connectivity index (χ0v) is 10.1. The maximum absolute atomic E-state index is 12.1. The number of rotatable bonds is 3. The molecule has 1 aliphatic rings. The summed E-state index contributed by atoms with van der Waals surface area (Å²) in [4.78, 5) is 0. The van der Waals surface area contributed by atoms with Crippen molar-refractivity contribution < 1.29 is 13.2 Å². The fourth-order valence-electron chi connectivity index (χ4n) is 1.80. The maximum atomic E-state index is 12.1. The summed E-state index contributed by atoms with van der Waals surface area (Å²) in [5.74, 6) is 0.498. The fourth-order valence-corrected chi connectivity index (χ4v) is 2.11. The lowest BCUT2D eigenvalue weighted by Crippen LogP contribution is -2.21. The predicted molar refractivity (Wildman–Crippen MR) is 62.7 cm³/mol. The van der Waals surface area contributed by atoms with E-state index < -0.39 is 12.7 Å². The van der Waals surface area contributed by atoms with E-state index in [4.69, 9.17) is 11.6 Å². The zero-order chi connectivity index (χ0) is 12.6. The van der Waals surface area contributed by atoms with Crippen molar-refractivity contribution in [2.45, 2.75) is 31.9 Å². The average molecular weight is 264 g/mol. The van der Waals surface area contributed by atoms with E-state index in [-0.39, 0.29) is 0 Å². The first kappa shape index (κ1) is 12.6. The second kappa shape index (κ2) is 4.41. The van der Waals surface area contributed by atoms with E-state index in [9.17, 15) is 13.2 Å². The molecule has 2 rings (SSSR count). The Morgan fingerprint density at radius 3 is 2.53 bits per heavy atom. The highest BCUT2D eigenvalue weighted by Crippen LogP contribution is 2.44. The third-order valence-corrected chi connectivity index (χ3v) is 3.17. The van der Waals surface area contributed by atoms with Crippen LogP contribution in [0.1, 0.15) is 29.9 Å². The Balaban J connectivity index is 2.15. The van der Waals surface area contributed by atoms with Gasteiger partial charge in [-0.15, -0.1) is 0 Å². The van der Waals surface area contributed by atoms with Gasteiger partial charge in [0.05, 0.1) is 0 Å². The van der Waals surface area contributed by atoms with E-state index in [2.05, 4.69) is 5.32 Å². The van der Waals surface area contributed by atoms with Crippen LogP contribution in [0.15, 0.2) is 12.1 Å².